The van der Waals surface area contributed by atoms with Gasteiger partial charge in [0, 0.05) is 6.07 Å². The van der Waals surface area contributed by atoms with Crippen molar-refractivity contribution in [3.8, 4) is 0 Å². The zero-order chi connectivity index (χ0) is 14.5. The summed E-state index contributed by atoms with van der Waals surface area (Å²) in [4.78, 5) is 23.6. The lowest BCUT2D eigenvalue weighted by Gasteiger charge is -2.11. The van der Waals surface area contributed by atoms with Crippen LogP contribution in [0.25, 0.3) is 0 Å². The first-order valence-corrected chi connectivity index (χ1v) is 6.06. The predicted molar refractivity (Wildman–Crippen MR) is 71.2 cm³/mol. The van der Waals surface area contributed by atoms with Gasteiger partial charge in [0.05, 0.1) is 11.3 Å². The summed E-state index contributed by atoms with van der Waals surface area (Å²) in [6.07, 6.45) is -0.937. The number of carbonyl (C=O) groups excluding carboxylic acids is 2. The van der Waals surface area contributed by atoms with Crippen LogP contribution in [0.4, 0.5) is 5.88 Å². The fourth-order valence-electron chi connectivity index (χ4n) is 1.50. The maximum Gasteiger partial charge on any atom is 0.338 e. The summed E-state index contributed by atoms with van der Waals surface area (Å²) in [7, 11) is 0. The molecule has 1 atom stereocenters. The van der Waals surface area contributed by atoms with E-state index in [1.165, 1.54) is 6.92 Å². The Hall–Kier alpha value is -2.63. The lowest BCUT2D eigenvalue weighted by atomic mass is 10.2. The summed E-state index contributed by atoms with van der Waals surface area (Å²) < 4.78 is 9.92. The third-order valence-electron chi connectivity index (χ3n) is 2.54. The van der Waals surface area contributed by atoms with Crippen LogP contribution in [0.2, 0.25) is 0 Å². The largest absolute Gasteiger partial charge is 0.449 e. The van der Waals surface area contributed by atoms with E-state index in [0.29, 0.717) is 11.3 Å². The molecule has 2 aromatic rings. The number of rotatable bonds is 4. The number of anilines is 1. The highest BCUT2D eigenvalue weighted by molar-refractivity contribution is 5.96. The van der Waals surface area contributed by atoms with Crippen LogP contribution in [0.1, 0.15) is 23.0 Å². The Morgan fingerprint density at radius 2 is 2.00 bits per heavy atom. The highest BCUT2D eigenvalue weighted by atomic mass is 16.5. The standard InChI is InChI=1S/C14H14N2O4/c1-9-8-12(20-16-9)15-13(17)10(2)19-14(18)11-6-4-3-5-7-11/h3-8,10H,1-2H3,(H,15,17)/t10-/m1/s1. The molecule has 6 heteroatoms. The molecule has 20 heavy (non-hydrogen) atoms. The third kappa shape index (κ3) is 3.44. The Morgan fingerprint density at radius 3 is 2.60 bits per heavy atom. The van der Waals surface area contributed by atoms with Crippen LogP contribution in [-0.4, -0.2) is 23.1 Å². The molecule has 6 nitrogen and oxygen atoms in total. The molecule has 0 fully saturated rings. The quantitative estimate of drug-likeness (QED) is 0.864. The minimum atomic E-state index is -0.937. The van der Waals surface area contributed by atoms with Crippen molar-refractivity contribution in [1.29, 1.82) is 0 Å². The molecule has 1 aromatic carbocycles. The summed E-state index contributed by atoms with van der Waals surface area (Å²) in [5.74, 6) is -0.817. The minimum absolute atomic E-state index is 0.218. The van der Waals surface area contributed by atoms with E-state index >= 15 is 0 Å². The Bertz CT molecular complexity index is 607. The van der Waals surface area contributed by atoms with Crippen molar-refractivity contribution in [3.05, 3.63) is 47.7 Å². The van der Waals surface area contributed by atoms with Gasteiger partial charge < -0.3 is 9.26 Å². The zero-order valence-electron chi connectivity index (χ0n) is 11.1. The van der Waals surface area contributed by atoms with E-state index in [1.807, 2.05) is 0 Å². The van der Waals surface area contributed by atoms with Crippen LogP contribution in [0.15, 0.2) is 40.9 Å². The van der Waals surface area contributed by atoms with Gasteiger partial charge in [0.2, 0.25) is 5.88 Å². The van der Waals surface area contributed by atoms with Gasteiger partial charge in [0.25, 0.3) is 5.91 Å². The molecule has 0 aliphatic rings. The second-order valence-electron chi connectivity index (χ2n) is 4.24. The molecular weight excluding hydrogens is 260 g/mol. The van der Waals surface area contributed by atoms with Gasteiger partial charge in [-0.1, -0.05) is 23.4 Å². The van der Waals surface area contributed by atoms with Crippen LogP contribution < -0.4 is 5.32 Å². The van der Waals surface area contributed by atoms with Gasteiger partial charge in [-0.2, -0.15) is 0 Å². The Labute approximate surface area is 115 Å². The summed E-state index contributed by atoms with van der Waals surface area (Å²) in [5.41, 5.74) is 1.04. The third-order valence-corrected chi connectivity index (χ3v) is 2.54. The average molecular weight is 274 g/mol. The van der Waals surface area contributed by atoms with E-state index in [-0.39, 0.29) is 5.88 Å². The SMILES string of the molecule is Cc1cc(NC(=O)[C@@H](C)OC(=O)c2ccccc2)on1. The van der Waals surface area contributed by atoms with Crippen molar-refractivity contribution < 1.29 is 18.8 Å². The number of esters is 1. The molecule has 1 aromatic heterocycles. The van der Waals surface area contributed by atoms with Crippen molar-refractivity contribution in [3.63, 3.8) is 0 Å². The maximum atomic E-state index is 11.8. The number of hydrogen-bond donors (Lipinski definition) is 1. The van der Waals surface area contributed by atoms with Crippen molar-refractivity contribution in [2.75, 3.05) is 5.32 Å². The number of nitrogens with one attached hydrogen (secondary N) is 1. The Morgan fingerprint density at radius 1 is 1.30 bits per heavy atom. The highest BCUT2D eigenvalue weighted by Gasteiger charge is 2.20. The van der Waals surface area contributed by atoms with Crippen LogP contribution in [0.5, 0.6) is 0 Å². The molecule has 0 aliphatic heterocycles. The van der Waals surface area contributed by atoms with Gasteiger partial charge in [-0.15, -0.1) is 0 Å². The van der Waals surface area contributed by atoms with E-state index in [1.54, 1.807) is 43.3 Å². The molecule has 0 bridgehead atoms. The van der Waals surface area contributed by atoms with Gasteiger partial charge in [0.15, 0.2) is 6.10 Å². The van der Waals surface area contributed by atoms with E-state index in [4.69, 9.17) is 9.26 Å². The number of carbonyl (C=O) groups is 2. The van der Waals surface area contributed by atoms with Crippen LogP contribution in [0, 0.1) is 6.92 Å². The number of amides is 1. The second-order valence-corrected chi connectivity index (χ2v) is 4.24. The number of nitrogens with zero attached hydrogens (tertiary/aromatic N) is 1. The first-order valence-electron chi connectivity index (χ1n) is 6.06. The summed E-state index contributed by atoms with van der Waals surface area (Å²) >= 11 is 0. The van der Waals surface area contributed by atoms with Crippen molar-refractivity contribution in [2.24, 2.45) is 0 Å². The number of aromatic nitrogens is 1. The number of hydrogen-bond acceptors (Lipinski definition) is 5. The normalized spacial score (nSPS) is 11.7. The molecule has 1 N–H and O–H groups in total. The average Bonchev–Trinajstić information content (AvgIpc) is 2.85. The molecule has 0 unspecified atom stereocenters. The molecule has 0 aliphatic carbocycles. The van der Waals surface area contributed by atoms with E-state index in [2.05, 4.69) is 10.5 Å². The predicted octanol–water partition coefficient (Wildman–Crippen LogP) is 2.17. The fourth-order valence-corrected chi connectivity index (χ4v) is 1.50. The van der Waals surface area contributed by atoms with E-state index < -0.39 is 18.0 Å². The smallest absolute Gasteiger partial charge is 0.338 e. The summed E-state index contributed by atoms with van der Waals surface area (Å²) in [6, 6.07) is 10.0. The molecule has 1 heterocycles. The first-order chi connectivity index (χ1) is 9.56. The van der Waals surface area contributed by atoms with Crippen LogP contribution >= 0.6 is 0 Å². The van der Waals surface area contributed by atoms with Gasteiger partial charge >= 0.3 is 5.97 Å². The van der Waals surface area contributed by atoms with Crippen LogP contribution in [0.3, 0.4) is 0 Å². The number of benzene rings is 1. The van der Waals surface area contributed by atoms with Crippen LogP contribution in [-0.2, 0) is 9.53 Å². The monoisotopic (exact) mass is 274 g/mol. The maximum absolute atomic E-state index is 11.8. The number of aryl methyl sites for hydroxylation is 1. The van der Waals surface area contributed by atoms with Crippen molar-refractivity contribution in [1.82, 2.24) is 5.16 Å². The zero-order valence-corrected chi connectivity index (χ0v) is 11.1. The number of ether oxygens (including phenoxy) is 1. The molecule has 0 saturated heterocycles. The lowest BCUT2D eigenvalue weighted by Crippen LogP contribution is -2.29. The second kappa shape index (κ2) is 6.01. The van der Waals surface area contributed by atoms with Gasteiger partial charge in [0.1, 0.15) is 0 Å². The Kier molecular flexibility index (Phi) is 4.14. The molecule has 0 saturated carbocycles. The first kappa shape index (κ1) is 13.8. The highest BCUT2D eigenvalue weighted by Crippen LogP contribution is 2.10. The van der Waals surface area contributed by atoms with E-state index in [9.17, 15) is 9.59 Å². The Balaban J connectivity index is 1.92. The summed E-state index contributed by atoms with van der Waals surface area (Å²) in [6.45, 7) is 3.22. The lowest BCUT2D eigenvalue weighted by molar-refractivity contribution is -0.123. The van der Waals surface area contributed by atoms with Crippen molar-refractivity contribution in [2.45, 2.75) is 20.0 Å². The molecule has 0 spiro atoms. The summed E-state index contributed by atoms with van der Waals surface area (Å²) in [5, 5.41) is 6.11. The molecular formula is C14H14N2O4. The molecule has 2 rings (SSSR count). The molecule has 0 radical (unpaired) electrons. The minimum Gasteiger partial charge on any atom is -0.449 e. The fraction of sp³-hybridized carbons (Fsp3) is 0.214. The van der Waals surface area contributed by atoms with Gasteiger partial charge in [-0.25, -0.2) is 4.79 Å². The van der Waals surface area contributed by atoms with Crippen molar-refractivity contribution >= 4 is 17.8 Å². The topological polar surface area (TPSA) is 81.4 Å². The molecule has 104 valence electrons. The van der Waals surface area contributed by atoms with Gasteiger partial charge in [-0.05, 0) is 26.0 Å². The van der Waals surface area contributed by atoms with E-state index in [0.717, 1.165) is 0 Å². The molecule has 1 amide bonds. The van der Waals surface area contributed by atoms with Gasteiger partial charge in [-0.3, -0.25) is 10.1 Å².